The van der Waals surface area contributed by atoms with Crippen LogP contribution in [-0.4, -0.2) is 29.7 Å². The van der Waals surface area contributed by atoms with E-state index in [0.717, 1.165) is 30.8 Å². The fourth-order valence-corrected chi connectivity index (χ4v) is 2.62. The Hall–Kier alpha value is -1.37. The highest BCUT2D eigenvalue weighted by Crippen LogP contribution is 2.30. The predicted octanol–water partition coefficient (Wildman–Crippen LogP) is 2.79. The summed E-state index contributed by atoms with van der Waals surface area (Å²) in [5, 5.41) is 8.77. The lowest BCUT2D eigenvalue weighted by Crippen LogP contribution is -2.23. The van der Waals surface area contributed by atoms with Gasteiger partial charge in [-0.2, -0.15) is 0 Å². The molecule has 1 aromatic rings. The van der Waals surface area contributed by atoms with Gasteiger partial charge in [0.15, 0.2) is 0 Å². The van der Waals surface area contributed by atoms with Crippen LogP contribution in [0.4, 0.5) is 4.39 Å². The molecule has 0 aromatic heterocycles. The smallest absolute Gasteiger partial charge is 0.124 e. The minimum absolute atomic E-state index is 0.0396. The fourth-order valence-electron chi connectivity index (χ4n) is 2.62. The van der Waals surface area contributed by atoms with Crippen molar-refractivity contribution in [2.45, 2.75) is 33.2 Å². The molecule has 2 rings (SSSR count). The first-order valence-electron chi connectivity index (χ1n) is 7.11. The lowest BCUT2D eigenvalue weighted by molar-refractivity contribution is 0.284. The van der Waals surface area contributed by atoms with Gasteiger partial charge in [-0.15, -0.1) is 0 Å². The lowest BCUT2D eigenvalue weighted by Gasteiger charge is -2.20. The van der Waals surface area contributed by atoms with Gasteiger partial charge in [-0.05, 0) is 36.1 Å². The number of aliphatic hydroxyl groups is 1. The summed E-state index contributed by atoms with van der Waals surface area (Å²) in [7, 11) is 0. The number of nitrogens with zero attached hydrogens (tertiary/aromatic N) is 1. The van der Waals surface area contributed by atoms with Gasteiger partial charge >= 0.3 is 0 Å². The SMILES string of the molecule is CC1(C)CCN(Cc2ccc(F)cc2C#CCCO)C1. The molecule has 0 amide bonds. The van der Waals surface area contributed by atoms with Crippen molar-refractivity contribution in [1.82, 2.24) is 4.90 Å². The third kappa shape index (κ3) is 4.06. The summed E-state index contributed by atoms with van der Waals surface area (Å²) in [6.07, 6.45) is 1.62. The summed E-state index contributed by atoms with van der Waals surface area (Å²) < 4.78 is 13.4. The molecule has 1 heterocycles. The van der Waals surface area contributed by atoms with E-state index in [1.165, 1.54) is 18.6 Å². The van der Waals surface area contributed by atoms with Crippen LogP contribution in [0.3, 0.4) is 0 Å². The Morgan fingerprint density at radius 3 is 2.85 bits per heavy atom. The zero-order valence-electron chi connectivity index (χ0n) is 12.2. The summed E-state index contributed by atoms with van der Waals surface area (Å²) in [4.78, 5) is 2.39. The number of halogens is 1. The fraction of sp³-hybridized carbons (Fsp3) is 0.529. The maximum Gasteiger partial charge on any atom is 0.124 e. The Labute approximate surface area is 120 Å². The molecule has 2 nitrogen and oxygen atoms in total. The van der Waals surface area contributed by atoms with Crippen LogP contribution < -0.4 is 0 Å². The molecule has 0 aliphatic carbocycles. The number of rotatable bonds is 3. The highest BCUT2D eigenvalue weighted by molar-refractivity contribution is 5.41. The van der Waals surface area contributed by atoms with Gasteiger partial charge in [0, 0.05) is 25.1 Å². The van der Waals surface area contributed by atoms with E-state index < -0.39 is 0 Å². The van der Waals surface area contributed by atoms with Gasteiger partial charge in [0.2, 0.25) is 0 Å². The van der Waals surface area contributed by atoms with Gasteiger partial charge < -0.3 is 5.11 Å². The highest BCUT2D eigenvalue weighted by Gasteiger charge is 2.29. The molecule has 1 aliphatic rings. The third-order valence-electron chi connectivity index (χ3n) is 3.68. The molecule has 1 N–H and O–H groups in total. The average Bonchev–Trinajstić information content (AvgIpc) is 2.72. The zero-order valence-corrected chi connectivity index (χ0v) is 12.2. The normalized spacial score (nSPS) is 17.8. The third-order valence-corrected chi connectivity index (χ3v) is 3.68. The minimum Gasteiger partial charge on any atom is -0.395 e. The van der Waals surface area contributed by atoms with Crippen LogP contribution in [0.2, 0.25) is 0 Å². The van der Waals surface area contributed by atoms with Gasteiger partial charge in [0.05, 0.1) is 6.61 Å². The molecular formula is C17H22FNO. The molecule has 0 unspecified atom stereocenters. The maximum atomic E-state index is 13.4. The molecule has 0 saturated carbocycles. The summed E-state index contributed by atoms with van der Waals surface area (Å²) in [6.45, 7) is 7.55. The summed E-state index contributed by atoms with van der Waals surface area (Å²) in [5.41, 5.74) is 2.17. The van der Waals surface area contributed by atoms with Crippen molar-refractivity contribution in [2.24, 2.45) is 5.41 Å². The molecule has 0 radical (unpaired) electrons. The predicted molar refractivity (Wildman–Crippen MR) is 78.7 cm³/mol. The number of hydrogen-bond acceptors (Lipinski definition) is 2. The van der Waals surface area contributed by atoms with Gasteiger partial charge in [-0.3, -0.25) is 4.90 Å². The van der Waals surface area contributed by atoms with Crippen LogP contribution in [0.1, 0.15) is 37.8 Å². The number of likely N-dealkylation sites (tertiary alicyclic amines) is 1. The topological polar surface area (TPSA) is 23.5 Å². The lowest BCUT2D eigenvalue weighted by atomic mass is 9.93. The van der Waals surface area contributed by atoms with E-state index in [1.54, 1.807) is 0 Å². The molecule has 0 bridgehead atoms. The Bertz CT molecular complexity index is 528. The van der Waals surface area contributed by atoms with E-state index in [4.69, 9.17) is 5.11 Å². The number of benzene rings is 1. The quantitative estimate of drug-likeness (QED) is 0.857. The zero-order chi connectivity index (χ0) is 14.6. The van der Waals surface area contributed by atoms with Gasteiger partial charge in [0.25, 0.3) is 0 Å². The Morgan fingerprint density at radius 2 is 2.20 bits per heavy atom. The second-order valence-corrected chi connectivity index (χ2v) is 6.20. The summed E-state index contributed by atoms with van der Waals surface area (Å²) in [5.74, 6) is 5.59. The van der Waals surface area contributed by atoms with Crippen molar-refractivity contribution >= 4 is 0 Å². The van der Waals surface area contributed by atoms with E-state index in [9.17, 15) is 4.39 Å². The summed E-state index contributed by atoms with van der Waals surface area (Å²) in [6, 6.07) is 4.80. The van der Waals surface area contributed by atoms with Crippen molar-refractivity contribution < 1.29 is 9.50 Å². The molecule has 3 heteroatoms. The first kappa shape index (κ1) is 15.0. The Balaban J connectivity index is 2.13. The standard InChI is InChI=1S/C17H22FNO/c1-17(2)8-9-19(13-17)12-15-6-7-16(18)11-14(15)5-3-4-10-20/h6-7,11,20H,4,8-10,12-13H2,1-2H3. The van der Waals surface area contributed by atoms with E-state index in [-0.39, 0.29) is 12.4 Å². The monoisotopic (exact) mass is 275 g/mol. The van der Waals surface area contributed by atoms with Gasteiger partial charge in [0.1, 0.15) is 5.82 Å². The van der Waals surface area contributed by atoms with Crippen molar-refractivity contribution in [2.75, 3.05) is 19.7 Å². The largest absolute Gasteiger partial charge is 0.395 e. The minimum atomic E-state index is -0.260. The number of aliphatic hydroxyl groups excluding tert-OH is 1. The van der Waals surface area contributed by atoms with Crippen molar-refractivity contribution in [3.05, 3.63) is 35.1 Å². The van der Waals surface area contributed by atoms with Crippen LogP contribution >= 0.6 is 0 Å². The van der Waals surface area contributed by atoms with E-state index in [0.29, 0.717) is 11.8 Å². The van der Waals surface area contributed by atoms with Crippen molar-refractivity contribution in [3.63, 3.8) is 0 Å². The Kier molecular flexibility index (Phi) is 4.80. The molecule has 108 valence electrons. The molecule has 0 spiro atoms. The van der Waals surface area contributed by atoms with Gasteiger partial charge in [-0.25, -0.2) is 4.39 Å². The summed E-state index contributed by atoms with van der Waals surface area (Å²) >= 11 is 0. The maximum absolute atomic E-state index is 13.4. The van der Waals surface area contributed by atoms with E-state index >= 15 is 0 Å². The van der Waals surface area contributed by atoms with E-state index in [2.05, 4.69) is 30.6 Å². The average molecular weight is 275 g/mol. The molecule has 1 saturated heterocycles. The molecule has 1 fully saturated rings. The molecule has 0 atom stereocenters. The van der Waals surface area contributed by atoms with Crippen LogP contribution in [0, 0.1) is 23.1 Å². The van der Waals surface area contributed by atoms with Crippen LogP contribution in [0.15, 0.2) is 18.2 Å². The highest BCUT2D eigenvalue weighted by atomic mass is 19.1. The molecule has 20 heavy (non-hydrogen) atoms. The van der Waals surface area contributed by atoms with Crippen LogP contribution in [0.25, 0.3) is 0 Å². The molecule has 1 aromatic carbocycles. The van der Waals surface area contributed by atoms with Crippen LogP contribution in [0.5, 0.6) is 0 Å². The Morgan fingerprint density at radius 1 is 1.40 bits per heavy atom. The second-order valence-electron chi connectivity index (χ2n) is 6.20. The van der Waals surface area contributed by atoms with Crippen molar-refractivity contribution in [1.29, 1.82) is 0 Å². The second kappa shape index (κ2) is 6.39. The van der Waals surface area contributed by atoms with E-state index in [1.807, 2.05) is 6.07 Å². The van der Waals surface area contributed by atoms with Crippen LogP contribution in [-0.2, 0) is 6.54 Å². The molecule has 1 aliphatic heterocycles. The van der Waals surface area contributed by atoms with Gasteiger partial charge in [-0.1, -0.05) is 31.8 Å². The first-order valence-corrected chi connectivity index (χ1v) is 7.11. The first-order chi connectivity index (χ1) is 9.50. The van der Waals surface area contributed by atoms with Crippen molar-refractivity contribution in [3.8, 4) is 11.8 Å². The molecular weight excluding hydrogens is 253 g/mol. The number of hydrogen-bond donors (Lipinski definition) is 1.